The zero-order valence-corrected chi connectivity index (χ0v) is 11.5. The number of carbonyl (C=O) groups excluding carboxylic acids is 1. The van der Waals surface area contributed by atoms with Crippen molar-refractivity contribution < 1.29 is 9.53 Å². The van der Waals surface area contributed by atoms with E-state index in [2.05, 4.69) is 4.98 Å². The topological polar surface area (TPSA) is 39.2 Å². The minimum absolute atomic E-state index is 0.0736. The summed E-state index contributed by atoms with van der Waals surface area (Å²) in [6.45, 7) is 0.375. The average molecular weight is 277 g/mol. The van der Waals surface area contributed by atoms with Crippen molar-refractivity contribution in [1.82, 2.24) is 4.98 Å². The third-order valence-electron chi connectivity index (χ3n) is 3.33. The Morgan fingerprint density at radius 1 is 1.00 bits per heavy atom. The molecule has 0 bridgehead atoms. The highest BCUT2D eigenvalue weighted by Crippen LogP contribution is 2.19. The van der Waals surface area contributed by atoms with Gasteiger partial charge in [0, 0.05) is 29.8 Å². The molecule has 0 radical (unpaired) electrons. The van der Waals surface area contributed by atoms with Gasteiger partial charge in [0.15, 0.2) is 5.78 Å². The summed E-state index contributed by atoms with van der Waals surface area (Å²) < 4.78 is 5.57. The van der Waals surface area contributed by atoms with E-state index in [1.165, 1.54) is 0 Å². The maximum atomic E-state index is 12.3. The fourth-order valence-corrected chi connectivity index (χ4v) is 2.27. The van der Waals surface area contributed by atoms with E-state index in [9.17, 15) is 4.79 Å². The summed E-state index contributed by atoms with van der Waals surface area (Å²) in [7, 11) is 0. The minimum Gasteiger partial charge on any atom is -0.493 e. The van der Waals surface area contributed by atoms with Crippen LogP contribution in [-0.4, -0.2) is 17.4 Å². The fraction of sp³-hybridized carbons (Fsp3) is 0.111. The molecule has 3 nitrogen and oxygen atoms in total. The van der Waals surface area contributed by atoms with Crippen LogP contribution in [0.2, 0.25) is 0 Å². The van der Waals surface area contributed by atoms with Gasteiger partial charge in [-0.25, -0.2) is 0 Å². The Morgan fingerprint density at radius 3 is 2.71 bits per heavy atom. The summed E-state index contributed by atoms with van der Waals surface area (Å²) >= 11 is 0. The highest BCUT2D eigenvalue weighted by Gasteiger charge is 2.10. The molecule has 1 aromatic heterocycles. The first-order valence-electron chi connectivity index (χ1n) is 6.88. The number of hydrogen-bond acceptors (Lipinski definition) is 3. The highest BCUT2D eigenvalue weighted by atomic mass is 16.5. The lowest BCUT2D eigenvalue weighted by molar-refractivity contribution is 0.0964. The Bertz CT molecular complexity index is 748. The van der Waals surface area contributed by atoms with Gasteiger partial charge in [0.1, 0.15) is 5.75 Å². The van der Waals surface area contributed by atoms with Crippen LogP contribution in [0.1, 0.15) is 16.8 Å². The second-order valence-corrected chi connectivity index (χ2v) is 4.74. The van der Waals surface area contributed by atoms with E-state index in [1.54, 1.807) is 12.4 Å². The molecule has 0 aliphatic rings. The van der Waals surface area contributed by atoms with Crippen LogP contribution in [0, 0.1) is 0 Å². The van der Waals surface area contributed by atoms with Crippen molar-refractivity contribution in [2.24, 2.45) is 0 Å². The maximum absolute atomic E-state index is 12.3. The highest BCUT2D eigenvalue weighted by molar-refractivity contribution is 6.07. The van der Waals surface area contributed by atoms with Gasteiger partial charge in [-0.05, 0) is 23.6 Å². The largest absolute Gasteiger partial charge is 0.493 e. The van der Waals surface area contributed by atoms with E-state index in [0.717, 1.165) is 16.5 Å². The van der Waals surface area contributed by atoms with Crippen molar-refractivity contribution in [1.29, 1.82) is 0 Å². The third-order valence-corrected chi connectivity index (χ3v) is 3.33. The predicted octanol–water partition coefficient (Wildman–Crippen LogP) is 3.89. The van der Waals surface area contributed by atoms with Gasteiger partial charge >= 0.3 is 0 Å². The van der Waals surface area contributed by atoms with Gasteiger partial charge in [-0.1, -0.05) is 36.4 Å². The number of nitrogens with zero attached hydrogens (tertiary/aromatic N) is 1. The van der Waals surface area contributed by atoms with E-state index in [-0.39, 0.29) is 5.78 Å². The van der Waals surface area contributed by atoms with Crippen molar-refractivity contribution in [3.05, 3.63) is 72.6 Å². The molecule has 0 spiro atoms. The van der Waals surface area contributed by atoms with Gasteiger partial charge in [-0.15, -0.1) is 0 Å². The number of hydrogen-bond donors (Lipinski definition) is 0. The Morgan fingerprint density at radius 2 is 1.86 bits per heavy atom. The Balaban J connectivity index is 1.70. The summed E-state index contributed by atoms with van der Waals surface area (Å²) in [5.74, 6) is 0.856. The molecular formula is C18H15NO2. The van der Waals surface area contributed by atoms with Gasteiger partial charge in [-0.3, -0.25) is 9.78 Å². The monoisotopic (exact) mass is 277 g/mol. The molecule has 0 saturated carbocycles. The number of ether oxygens (including phenoxy) is 1. The molecule has 0 unspecified atom stereocenters. The predicted molar refractivity (Wildman–Crippen MR) is 82.6 cm³/mol. The van der Waals surface area contributed by atoms with Crippen molar-refractivity contribution >= 4 is 16.6 Å². The van der Waals surface area contributed by atoms with E-state index in [0.29, 0.717) is 18.6 Å². The molecule has 0 N–H and O–H groups in total. The Labute approximate surface area is 123 Å². The number of fused-ring (bicyclic) bond motifs is 1. The number of ketones is 1. The van der Waals surface area contributed by atoms with E-state index < -0.39 is 0 Å². The molecule has 3 aromatic rings. The smallest absolute Gasteiger partial charge is 0.166 e. The zero-order valence-electron chi connectivity index (χ0n) is 11.5. The summed E-state index contributed by atoms with van der Waals surface area (Å²) in [5, 5.41) is 1.92. The van der Waals surface area contributed by atoms with Crippen LogP contribution in [0.4, 0.5) is 0 Å². The summed E-state index contributed by atoms with van der Waals surface area (Å²) in [5.41, 5.74) is 0.706. The lowest BCUT2D eigenvalue weighted by Crippen LogP contribution is -2.07. The molecule has 0 fully saturated rings. The Hall–Kier alpha value is -2.68. The number of aromatic nitrogens is 1. The molecule has 0 aliphatic carbocycles. The molecule has 1 heterocycles. The molecule has 0 amide bonds. The SMILES string of the molecule is O=C(CCOc1ccccc1)c1cccc2ccncc12. The lowest BCUT2D eigenvalue weighted by Gasteiger charge is -2.07. The minimum atomic E-state index is 0.0736. The average Bonchev–Trinajstić information content (AvgIpc) is 2.55. The second kappa shape index (κ2) is 6.18. The third kappa shape index (κ3) is 3.08. The summed E-state index contributed by atoms with van der Waals surface area (Å²) in [6.07, 6.45) is 3.82. The van der Waals surface area contributed by atoms with Crippen LogP contribution >= 0.6 is 0 Å². The van der Waals surface area contributed by atoms with Gasteiger partial charge in [0.05, 0.1) is 6.61 Å². The van der Waals surface area contributed by atoms with E-state index in [1.807, 2.05) is 54.6 Å². The van der Waals surface area contributed by atoms with Crippen molar-refractivity contribution in [3.63, 3.8) is 0 Å². The first-order chi connectivity index (χ1) is 10.3. The molecular weight excluding hydrogens is 262 g/mol. The van der Waals surface area contributed by atoms with E-state index in [4.69, 9.17) is 4.74 Å². The maximum Gasteiger partial charge on any atom is 0.166 e. The van der Waals surface area contributed by atoms with Crippen molar-refractivity contribution in [2.75, 3.05) is 6.61 Å². The number of rotatable bonds is 5. The fourth-order valence-electron chi connectivity index (χ4n) is 2.27. The van der Waals surface area contributed by atoms with Crippen LogP contribution < -0.4 is 4.74 Å². The first-order valence-corrected chi connectivity index (χ1v) is 6.88. The van der Waals surface area contributed by atoms with Gasteiger partial charge in [-0.2, -0.15) is 0 Å². The van der Waals surface area contributed by atoms with Gasteiger partial charge < -0.3 is 4.74 Å². The number of carbonyl (C=O) groups is 1. The molecule has 3 heteroatoms. The van der Waals surface area contributed by atoms with Crippen molar-refractivity contribution in [3.8, 4) is 5.75 Å². The van der Waals surface area contributed by atoms with E-state index >= 15 is 0 Å². The molecule has 0 atom stereocenters. The molecule has 0 saturated heterocycles. The van der Waals surface area contributed by atoms with Crippen LogP contribution in [0.5, 0.6) is 5.75 Å². The van der Waals surface area contributed by atoms with Gasteiger partial charge in [0.2, 0.25) is 0 Å². The Kier molecular flexibility index (Phi) is 3.92. The van der Waals surface area contributed by atoms with Crippen LogP contribution in [0.25, 0.3) is 10.8 Å². The van der Waals surface area contributed by atoms with Crippen LogP contribution in [-0.2, 0) is 0 Å². The summed E-state index contributed by atoms with van der Waals surface area (Å²) in [6, 6.07) is 17.1. The van der Waals surface area contributed by atoms with Crippen LogP contribution in [0.15, 0.2) is 67.0 Å². The number of pyridine rings is 1. The normalized spacial score (nSPS) is 10.5. The van der Waals surface area contributed by atoms with Gasteiger partial charge in [0.25, 0.3) is 0 Å². The van der Waals surface area contributed by atoms with Crippen LogP contribution in [0.3, 0.4) is 0 Å². The standard InChI is InChI=1S/C18H15NO2/c20-18(10-12-21-15-6-2-1-3-7-15)16-8-4-5-14-9-11-19-13-17(14)16/h1-9,11,13H,10,12H2. The molecule has 0 aliphatic heterocycles. The molecule has 21 heavy (non-hydrogen) atoms. The number of Topliss-reactive ketones (excluding diaryl/α,β-unsaturated/α-hetero) is 1. The lowest BCUT2D eigenvalue weighted by atomic mass is 10.0. The second-order valence-electron chi connectivity index (χ2n) is 4.74. The zero-order chi connectivity index (χ0) is 14.5. The quantitative estimate of drug-likeness (QED) is 0.664. The molecule has 2 aromatic carbocycles. The van der Waals surface area contributed by atoms with Crippen molar-refractivity contribution in [2.45, 2.75) is 6.42 Å². The number of benzene rings is 2. The molecule has 104 valence electrons. The molecule has 3 rings (SSSR count). The first kappa shape index (κ1) is 13.3. The number of para-hydroxylation sites is 1. The summed E-state index contributed by atoms with van der Waals surface area (Å²) in [4.78, 5) is 16.4.